The Bertz CT molecular complexity index is 930. The highest BCUT2D eigenvalue weighted by atomic mass is 16.6. The van der Waals surface area contributed by atoms with Gasteiger partial charge in [-0.1, -0.05) is 30.3 Å². The second-order valence-electron chi connectivity index (χ2n) is 6.77. The fraction of sp³-hybridized carbons (Fsp3) is 0.389. The van der Waals surface area contributed by atoms with Gasteiger partial charge in [-0.15, -0.1) is 0 Å². The lowest BCUT2D eigenvalue weighted by Gasteiger charge is -2.27. The Labute approximate surface area is 155 Å². The smallest absolute Gasteiger partial charge is 0.168 e. The minimum absolute atomic E-state index is 0.403. The average Bonchev–Trinajstić information content (AvgIpc) is 3.20. The average molecular weight is 371 g/mol. The van der Waals surface area contributed by atoms with Gasteiger partial charge in [0, 0.05) is 6.54 Å². The molecule has 9 nitrogen and oxygen atoms in total. The van der Waals surface area contributed by atoms with Crippen molar-refractivity contribution in [2.24, 2.45) is 0 Å². The van der Waals surface area contributed by atoms with Gasteiger partial charge in [0.25, 0.3) is 0 Å². The molecule has 0 unspecified atom stereocenters. The van der Waals surface area contributed by atoms with E-state index in [4.69, 9.17) is 4.74 Å². The number of rotatable bonds is 5. The summed E-state index contributed by atoms with van der Waals surface area (Å²) in [6.07, 6.45) is -0.176. The molecule has 9 heteroatoms. The first kappa shape index (κ1) is 17.8. The van der Waals surface area contributed by atoms with Crippen molar-refractivity contribution in [3.05, 3.63) is 48.5 Å². The molecule has 0 radical (unpaired) electrons. The highest BCUT2D eigenvalue weighted by Crippen LogP contribution is 2.39. The molecule has 3 heterocycles. The lowest BCUT2D eigenvalue weighted by Crippen LogP contribution is -2.44. The van der Waals surface area contributed by atoms with Crippen molar-refractivity contribution in [2.75, 3.05) is 11.9 Å². The Morgan fingerprint density at radius 3 is 2.70 bits per heavy atom. The number of fused-ring (bicyclic) bond motifs is 1. The molecule has 0 saturated carbocycles. The number of hydrogen-bond donors (Lipinski definition) is 4. The number of aliphatic hydroxyl groups excluding tert-OH is 2. The normalized spacial score (nSPS) is 27.9. The molecule has 3 aromatic rings. The Morgan fingerprint density at radius 1 is 1.22 bits per heavy atom. The van der Waals surface area contributed by atoms with Crippen molar-refractivity contribution in [1.82, 2.24) is 19.5 Å². The number of aliphatic hydroxyl groups is 3. The van der Waals surface area contributed by atoms with Crippen molar-refractivity contribution >= 4 is 17.0 Å². The first-order chi connectivity index (χ1) is 13.0. The first-order valence-corrected chi connectivity index (χ1v) is 8.64. The molecule has 2 aromatic heterocycles. The van der Waals surface area contributed by atoms with Gasteiger partial charge in [0.1, 0.15) is 24.1 Å². The molecular weight excluding hydrogens is 350 g/mol. The lowest BCUT2D eigenvalue weighted by molar-refractivity contribution is -0.0950. The van der Waals surface area contributed by atoms with Crippen LogP contribution in [0.25, 0.3) is 11.2 Å². The number of ether oxygens (including phenoxy) is 1. The number of anilines is 1. The summed E-state index contributed by atoms with van der Waals surface area (Å²) >= 11 is 0. The van der Waals surface area contributed by atoms with Gasteiger partial charge >= 0.3 is 0 Å². The van der Waals surface area contributed by atoms with Crippen LogP contribution in [0.4, 0.5) is 5.82 Å². The van der Waals surface area contributed by atoms with Gasteiger partial charge in [0.2, 0.25) is 0 Å². The van der Waals surface area contributed by atoms with Crippen LogP contribution in [0.2, 0.25) is 0 Å². The SMILES string of the molecule is C[C@@]1(O)[C@H](O)[C@@H](CO)O[C@H]1n1cnc2c(NCc3ccccc3)ncnc21. The van der Waals surface area contributed by atoms with E-state index in [-0.39, 0.29) is 0 Å². The van der Waals surface area contributed by atoms with Crippen LogP contribution in [-0.4, -0.2) is 59.3 Å². The van der Waals surface area contributed by atoms with Gasteiger partial charge in [-0.3, -0.25) is 4.57 Å². The number of benzene rings is 1. The molecule has 4 atom stereocenters. The van der Waals surface area contributed by atoms with Gasteiger partial charge in [-0.05, 0) is 12.5 Å². The molecular formula is C18H21N5O4. The predicted octanol–water partition coefficient (Wildman–Crippen LogP) is 0.440. The Morgan fingerprint density at radius 2 is 2.00 bits per heavy atom. The highest BCUT2D eigenvalue weighted by molar-refractivity contribution is 5.82. The maximum atomic E-state index is 10.7. The van der Waals surface area contributed by atoms with Crippen LogP contribution < -0.4 is 5.32 Å². The van der Waals surface area contributed by atoms with Gasteiger partial charge in [-0.2, -0.15) is 0 Å². The molecule has 0 amide bonds. The van der Waals surface area contributed by atoms with Crippen molar-refractivity contribution in [3.63, 3.8) is 0 Å². The second-order valence-corrected chi connectivity index (χ2v) is 6.77. The molecule has 4 rings (SSSR count). The van der Waals surface area contributed by atoms with Crippen molar-refractivity contribution in [1.29, 1.82) is 0 Å². The summed E-state index contributed by atoms with van der Waals surface area (Å²) in [5, 5.41) is 33.5. The maximum Gasteiger partial charge on any atom is 0.168 e. The molecule has 1 aromatic carbocycles. The molecule has 142 valence electrons. The highest BCUT2D eigenvalue weighted by Gasteiger charge is 2.53. The molecule has 1 fully saturated rings. The molecule has 0 bridgehead atoms. The van der Waals surface area contributed by atoms with Gasteiger partial charge < -0.3 is 25.4 Å². The Hall–Kier alpha value is -2.59. The van der Waals surface area contributed by atoms with Crippen molar-refractivity contribution < 1.29 is 20.1 Å². The molecule has 4 N–H and O–H groups in total. The summed E-state index contributed by atoms with van der Waals surface area (Å²) in [6, 6.07) is 9.89. The fourth-order valence-electron chi connectivity index (χ4n) is 3.32. The summed E-state index contributed by atoms with van der Waals surface area (Å²) < 4.78 is 7.20. The summed E-state index contributed by atoms with van der Waals surface area (Å²) in [5.41, 5.74) is 0.468. The van der Waals surface area contributed by atoms with E-state index >= 15 is 0 Å². The third-order valence-electron chi connectivity index (χ3n) is 4.85. The van der Waals surface area contributed by atoms with Crippen LogP contribution in [0, 0.1) is 0 Å². The number of hydrogen-bond acceptors (Lipinski definition) is 8. The zero-order chi connectivity index (χ0) is 19.0. The Kier molecular flexibility index (Phi) is 4.52. The summed E-state index contributed by atoms with van der Waals surface area (Å²) in [5.74, 6) is 0.555. The van der Waals surface area contributed by atoms with E-state index in [2.05, 4.69) is 20.3 Å². The van der Waals surface area contributed by atoms with Crippen LogP contribution in [0.5, 0.6) is 0 Å². The maximum absolute atomic E-state index is 10.7. The van der Waals surface area contributed by atoms with Gasteiger partial charge in [-0.25, -0.2) is 15.0 Å². The van der Waals surface area contributed by atoms with Crippen molar-refractivity contribution in [2.45, 2.75) is 37.5 Å². The monoisotopic (exact) mass is 371 g/mol. The second kappa shape index (κ2) is 6.86. The number of nitrogens with zero attached hydrogens (tertiary/aromatic N) is 4. The van der Waals surface area contributed by atoms with E-state index in [0.29, 0.717) is 23.5 Å². The molecule has 0 aliphatic carbocycles. The largest absolute Gasteiger partial charge is 0.394 e. The predicted molar refractivity (Wildman–Crippen MR) is 96.7 cm³/mol. The number of aromatic nitrogens is 4. The Balaban J connectivity index is 1.65. The summed E-state index contributed by atoms with van der Waals surface area (Å²) in [7, 11) is 0. The molecule has 0 spiro atoms. The van der Waals surface area contributed by atoms with E-state index in [1.54, 1.807) is 4.57 Å². The minimum atomic E-state index is -1.61. The molecule has 27 heavy (non-hydrogen) atoms. The van der Waals surface area contributed by atoms with Crippen molar-refractivity contribution in [3.8, 4) is 0 Å². The number of nitrogens with one attached hydrogen (secondary N) is 1. The van der Waals surface area contributed by atoms with Crippen LogP contribution in [0.3, 0.4) is 0 Å². The van der Waals surface area contributed by atoms with Crippen LogP contribution >= 0.6 is 0 Å². The number of imidazole rings is 1. The first-order valence-electron chi connectivity index (χ1n) is 8.64. The standard InChI is InChI=1S/C18H21N5O4/c1-18(26)14(25)12(8-24)27-17(18)23-10-22-13-15(20-9-21-16(13)23)19-7-11-5-3-2-4-6-11/h2-6,9-10,12,14,17,24-26H,7-8H2,1H3,(H,19,20,21)/t12-,14-,17-,18-/m1/s1. The van der Waals surface area contributed by atoms with E-state index < -0.39 is 30.6 Å². The van der Waals surface area contributed by atoms with Crippen LogP contribution in [-0.2, 0) is 11.3 Å². The lowest BCUT2D eigenvalue weighted by atomic mass is 9.96. The topological polar surface area (TPSA) is 126 Å². The van der Waals surface area contributed by atoms with E-state index in [1.807, 2.05) is 30.3 Å². The van der Waals surface area contributed by atoms with Gasteiger partial charge in [0.05, 0.1) is 12.9 Å². The summed E-state index contributed by atoms with van der Waals surface area (Å²) in [6.45, 7) is 1.63. The third kappa shape index (κ3) is 3.04. The minimum Gasteiger partial charge on any atom is -0.394 e. The van der Waals surface area contributed by atoms with Gasteiger partial charge in [0.15, 0.2) is 23.2 Å². The quantitative estimate of drug-likeness (QED) is 0.509. The van der Waals surface area contributed by atoms with Crippen LogP contribution in [0.15, 0.2) is 43.0 Å². The summed E-state index contributed by atoms with van der Waals surface area (Å²) in [4.78, 5) is 12.9. The molecule has 1 saturated heterocycles. The van der Waals surface area contributed by atoms with E-state index in [9.17, 15) is 15.3 Å². The zero-order valence-electron chi connectivity index (χ0n) is 14.7. The van der Waals surface area contributed by atoms with E-state index in [1.165, 1.54) is 19.6 Å². The van der Waals surface area contributed by atoms with E-state index in [0.717, 1.165) is 5.56 Å². The third-order valence-corrected chi connectivity index (χ3v) is 4.85. The molecule has 1 aliphatic rings. The zero-order valence-corrected chi connectivity index (χ0v) is 14.7. The van der Waals surface area contributed by atoms with Crippen LogP contribution in [0.1, 0.15) is 18.7 Å². The fourth-order valence-corrected chi connectivity index (χ4v) is 3.32. The molecule has 1 aliphatic heterocycles.